The molecule has 0 spiro atoms. The van der Waals surface area contributed by atoms with Crippen molar-refractivity contribution in [2.24, 2.45) is 0 Å². The Labute approximate surface area is 83.0 Å². The molecule has 1 heterocycles. The Morgan fingerprint density at radius 3 is 2.93 bits per heavy atom. The number of rotatable bonds is 2. The van der Waals surface area contributed by atoms with Gasteiger partial charge in [0.2, 0.25) is 0 Å². The van der Waals surface area contributed by atoms with E-state index in [2.05, 4.69) is 6.07 Å². The number of nitrogens with zero attached hydrogens (tertiary/aromatic N) is 1. The van der Waals surface area contributed by atoms with E-state index in [0.717, 1.165) is 18.7 Å². The highest BCUT2D eigenvalue weighted by Gasteiger charge is 2.26. The molecule has 1 aliphatic heterocycles. The van der Waals surface area contributed by atoms with Crippen LogP contribution in [0.5, 0.6) is 0 Å². The zero-order valence-corrected chi connectivity index (χ0v) is 8.10. The van der Waals surface area contributed by atoms with Crippen LogP contribution in [-0.4, -0.2) is 23.7 Å². The molecule has 0 radical (unpaired) electrons. The monoisotopic (exact) mass is 191 g/mol. The summed E-state index contributed by atoms with van der Waals surface area (Å²) in [5, 5.41) is 8.93. The molecule has 0 fully saturated rings. The minimum atomic E-state index is -0.762. The van der Waals surface area contributed by atoms with E-state index < -0.39 is 12.0 Å². The topological polar surface area (TPSA) is 40.5 Å². The van der Waals surface area contributed by atoms with E-state index in [4.69, 9.17) is 5.11 Å². The van der Waals surface area contributed by atoms with Crippen LogP contribution in [0, 0.1) is 0 Å². The molecule has 74 valence electrons. The number of aliphatic carboxylic acids is 1. The number of carboxylic acid groups (broad SMARTS) is 1. The Morgan fingerprint density at radius 1 is 1.50 bits per heavy atom. The van der Waals surface area contributed by atoms with Gasteiger partial charge in [0.1, 0.15) is 6.04 Å². The standard InChI is InChI=1S/C11H13NO2/c1-8(11(13)14)12-7-6-9-4-2-3-5-10(9)12/h2-5,8H,6-7H2,1H3,(H,13,14)/t8-/m0/s1. The van der Waals surface area contributed by atoms with E-state index in [1.54, 1.807) is 6.92 Å². The molecule has 3 heteroatoms. The summed E-state index contributed by atoms with van der Waals surface area (Å²) in [7, 11) is 0. The minimum absolute atomic E-state index is 0.432. The van der Waals surface area contributed by atoms with Gasteiger partial charge in [0, 0.05) is 12.2 Å². The first-order valence-electron chi connectivity index (χ1n) is 4.77. The molecule has 0 saturated carbocycles. The van der Waals surface area contributed by atoms with Crippen molar-refractivity contribution >= 4 is 11.7 Å². The lowest BCUT2D eigenvalue weighted by Crippen LogP contribution is -2.37. The van der Waals surface area contributed by atoms with Gasteiger partial charge < -0.3 is 10.0 Å². The van der Waals surface area contributed by atoms with Crippen molar-refractivity contribution in [2.75, 3.05) is 11.4 Å². The van der Waals surface area contributed by atoms with Crippen molar-refractivity contribution in [3.05, 3.63) is 29.8 Å². The van der Waals surface area contributed by atoms with Crippen LogP contribution in [0.1, 0.15) is 12.5 Å². The fourth-order valence-electron chi connectivity index (χ4n) is 1.90. The molecule has 0 saturated heterocycles. The average Bonchev–Trinajstić information content (AvgIpc) is 2.60. The smallest absolute Gasteiger partial charge is 0.326 e. The van der Waals surface area contributed by atoms with Gasteiger partial charge in [-0.05, 0) is 25.0 Å². The first-order chi connectivity index (χ1) is 6.70. The van der Waals surface area contributed by atoms with Gasteiger partial charge in [0.05, 0.1) is 0 Å². The molecule has 0 amide bonds. The number of hydrogen-bond donors (Lipinski definition) is 1. The third-order valence-corrected chi connectivity index (χ3v) is 2.75. The maximum Gasteiger partial charge on any atom is 0.326 e. The molecule has 0 bridgehead atoms. The number of carbonyl (C=O) groups is 1. The summed E-state index contributed by atoms with van der Waals surface area (Å²) in [6.07, 6.45) is 0.952. The normalized spacial score (nSPS) is 16.5. The third kappa shape index (κ3) is 1.35. The van der Waals surface area contributed by atoms with Crippen molar-refractivity contribution in [2.45, 2.75) is 19.4 Å². The number of anilines is 1. The van der Waals surface area contributed by atoms with E-state index in [0.29, 0.717) is 0 Å². The highest BCUT2D eigenvalue weighted by Crippen LogP contribution is 2.28. The summed E-state index contributed by atoms with van der Waals surface area (Å²) in [4.78, 5) is 12.8. The van der Waals surface area contributed by atoms with Crippen LogP contribution in [-0.2, 0) is 11.2 Å². The molecule has 0 unspecified atom stereocenters. The second-order valence-electron chi connectivity index (χ2n) is 3.59. The van der Waals surface area contributed by atoms with Crippen LogP contribution in [0.2, 0.25) is 0 Å². The Morgan fingerprint density at radius 2 is 2.21 bits per heavy atom. The molecular formula is C11H13NO2. The number of fused-ring (bicyclic) bond motifs is 1. The van der Waals surface area contributed by atoms with Crippen LogP contribution in [0.25, 0.3) is 0 Å². The number of carboxylic acids is 1. The molecule has 1 atom stereocenters. The first kappa shape index (κ1) is 9.06. The van der Waals surface area contributed by atoms with E-state index in [1.165, 1.54) is 5.56 Å². The first-order valence-corrected chi connectivity index (χ1v) is 4.77. The lowest BCUT2D eigenvalue weighted by Gasteiger charge is -2.23. The third-order valence-electron chi connectivity index (χ3n) is 2.75. The maximum atomic E-state index is 10.9. The molecule has 1 aliphatic rings. The van der Waals surface area contributed by atoms with Crippen molar-refractivity contribution in [3.63, 3.8) is 0 Å². The Kier molecular flexibility index (Phi) is 2.15. The van der Waals surface area contributed by atoms with Crippen molar-refractivity contribution in [3.8, 4) is 0 Å². The Balaban J connectivity index is 2.30. The van der Waals surface area contributed by atoms with Gasteiger partial charge in [-0.2, -0.15) is 0 Å². The Bertz CT molecular complexity index is 362. The zero-order valence-electron chi connectivity index (χ0n) is 8.10. The minimum Gasteiger partial charge on any atom is -0.480 e. The molecule has 0 aliphatic carbocycles. The molecular weight excluding hydrogens is 178 g/mol. The molecule has 3 nitrogen and oxygen atoms in total. The van der Waals surface area contributed by atoms with Crippen LogP contribution in [0.15, 0.2) is 24.3 Å². The molecule has 1 aromatic rings. The summed E-state index contributed by atoms with van der Waals surface area (Å²) >= 11 is 0. The summed E-state index contributed by atoms with van der Waals surface area (Å²) in [6, 6.07) is 7.56. The highest BCUT2D eigenvalue weighted by molar-refractivity contribution is 5.79. The lowest BCUT2D eigenvalue weighted by atomic mass is 10.2. The van der Waals surface area contributed by atoms with Gasteiger partial charge in [-0.25, -0.2) is 4.79 Å². The summed E-state index contributed by atoms with van der Waals surface area (Å²) in [6.45, 7) is 2.54. The predicted molar refractivity (Wildman–Crippen MR) is 54.6 cm³/mol. The number of benzene rings is 1. The zero-order chi connectivity index (χ0) is 10.1. The second kappa shape index (κ2) is 3.33. The fourth-order valence-corrected chi connectivity index (χ4v) is 1.90. The van der Waals surface area contributed by atoms with Crippen LogP contribution < -0.4 is 4.90 Å². The van der Waals surface area contributed by atoms with Crippen molar-refractivity contribution in [1.29, 1.82) is 0 Å². The predicted octanol–water partition coefficient (Wildman–Crippen LogP) is 1.52. The van der Waals surface area contributed by atoms with Gasteiger partial charge >= 0.3 is 5.97 Å². The van der Waals surface area contributed by atoms with E-state index in [9.17, 15) is 4.79 Å². The van der Waals surface area contributed by atoms with E-state index >= 15 is 0 Å². The molecule has 14 heavy (non-hydrogen) atoms. The fraction of sp³-hybridized carbons (Fsp3) is 0.364. The quantitative estimate of drug-likeness (QED) is 0.770. The highest BCUT2D eigenvalue weighted by atomic mass is 16.4. The molecule has 1 N–H and O–H groups in total. The van der Waals surface area contributed by atoms with E-state index in [1.807, 2.05) is 23.1 Å². The van der Waals surface area contributed by atoms with Gasteiger partial charge in [0.25, 0.3) is 0 Å². The van der Waals surface area contributed by atoms with Crippen LogP contribution in [0.4, 0.5) is 5.69 Å². The average molecular weight is 191 g/mol. The summed E-state index contributed by atoms with van der Waals surface area (Å²) in [5.41, 5.74) is 2.32. The number of hydrogen-bond acceptors (Lipinski definition) is 2. The molecule has 1 aromatic carbocycles. The number of para-hydroxylation sites is 1. The van der Waals surface area contributed by atoms with Crippen LogP contribution in [0.3, 0.4) is 0 Å². The van der Waals surface area contributed by atoms with Crippen molar-refractivity contribution < 1.29 is 9.90 Å². The molecule has 2 rings (SSSR count). The van der Waals surface area contributed by atoms with Gasteiger partial charge in [-0.1, -0.05) is 18.2 Å². The Hall–Kier alpha value is -1.51. The van der Waals surface area contributed by atoms with Crippen LogP contribution >= 0.6 is 0 Å². The second-order valence-corrected chi connectivity index (χ2v) is 3.59. The summed E-state index contributed by atoms with van der Waals surface area (Å²) in [5.74, 6) is -0.762. The van der Waals surface area contributed by atoms with Gasteiger partial charge in [-0.15, -0.1) is 0 Å². The lowest BCUT2D eigenvalue weighted by molar-refractivity contribution is -0.138. The largest absolute Gasteiger partial charge is 0.480 e. The molecule has 0 aromatic heterocycles. The summed E-state index contributed by atoms with van der Waals surface area (Å²) < 4.78 is 0. The van der Waals surface area contributed by atoms with Crippen molar-refractivity contribution in [1.82, 2.24) is 0 Å². The SMILES string of the molecule is C[C@@H](C(=O)O)N1CCc2ccccc21. The van der Waals surface area contributed by atoms with Gasteiger partial charge in [0.15, 0.2) is 0 Å². The van der Waals surface area contributed by atoms with Gasteiger partial charge in [-0.3, -0.25) is 0 Å². The van der Waals surface area contributed by atoms with E-state index in [-0.39, 0.29) is 0 Å². The maximum absolute atomic E-state index is 10.9.